The first-order valence-corrected chi connectivity index (χ1v) is 8.61. The highest BCUT2D eigenvalue weighted by atomic mass is 16.2. The maximum Gasteiger partial charge on any atom is 0.221 e. The van der Waals surface area contributed by atoms with Gasteiger partial charge in [0.15, 0.2) is 0 Å². The fraction of sp³-hybridized carbons (Fsp3) is 0.300. The number of fused-ring (bicyclic) bond motifs is 3. The fourth-order valence-electron chi connectivity index (χ4n) is 4.25. The van der Waals surface area contributed by atoms with Crippen LogP contribution in [-0.2, 0) is 15.1 Å². The minimum Gasteiger partial charge on any atom is -0.375 e. The Morgan fingerprint density at radius 3 is 2.76 bits per heavy atom. The van der Waals surface area contributed by atoms with E-state index in [2.05, 4.69) is 28.1 Å². The maximum absolute atomic E-state index is 12.3. The molecule has 2 aliphatic rings. The van der Waals surface area contributed by atoms with Crippen molar-refractivity contribution in [3.05, 3.63) is 59.7 Å². The lowest BCUT2D eigenvalue weighted by Crippen LogP contribution is -2.38. The Kier molecular flexibility index (Phi) is 3.71. The van der Waals surface area contributed by atoms with Crippen LogP contribution in [0.4, 0.5) is 11.4 Å². The third kappa shape index (κ3) is 2.56. The average Bonchev–Trinajstić information content (AvgIpc) is 2.79. The van der Waals surface area contributed by atoms with E-state index >= 15 is 0 Å². The van der Waals surface area contributed by atoms with E-state index in [0.29, 0.717) is 13.0 Å². The second-order valence-corrected chi connectivity index (χ2v) is 6.77. The van der Waals surface area contributed by atoms with Crippen LogP contribution < -0.4 is 16.0 Å². The molecule has 2 aromatic rings. The lowest BCUT2D eigenvalue weighted by atomic mass is 9.73. The second-order valence-electron chi connectivity index (χ2n) is 6.77. The van der Waals surface area contributed by atoms with Gasteiger partial charge in [0, 0.05) is 42.7 Å². The SMILES string of the molecule is CC(=O)Nc1ccccc1[C@]12CCNC(=O)C[C@@H]1c1ccccc1N2. The topological polar surface area (TPSA) is 70.2 Å². The smallest absolute Gasteiger partial charge is 0.221 e. The normalized spacial score (nSPS) is 24.4. The van der Waals surface area contributed by atoms with Crippen molar-refractivity contribution >= 4 is 23.2 Å². The summed E-state index contributed by atoms with van der Waals surface area (Å²) >= 11 is 0. The summed E-state index contributed by atoms with van der Waals surface area (Å²) in [7, 11) is 0. The highest BCUT2D eigenvalue weighted by Gasteiger charge is 2.49. The van der Waals surface area contributed by atoms with E-state index in [4.69, 9.17) is 0 Å². The summed E-state index contributed by atoms with van der Waals surface area (Å²) in [5, 5.41) is 9.64. The van der Waals surface area contributed by atoms with Crippen molar-refractivity contribution in [2.24, 2.45) is 0 Å². The Morgan fingerprint density at radius 2 is 1.92 bits per heavy atom. The van der Waals surface area contributed by atoms with Crippen molar-refractivity contribution in [3.8, 4) is 0 Å². The van der Waals surface area contributed by atoms with Crippen LogP contribution >= 0.6 is 0 Å². The van der Waals surface area contributed by atoms with Gasteiger partial charge in [-0.25, -0.2) is 0 Å². The second kappa shape index (κ2) is 5.92. The van der Waals surface area contributed by atoms with Crippen molar-refractivity contribution in [1.82, 2.24) is 5.32 Å². The molecule has 25 heavy (non-hydrogen) atoms. The van der Waals surface area contributed by atoms with Crippen molar-refractivity contribution in [2.75, 3.05) is 17.2 Å². The number of anilines is 2. The van der Waals surface area contributed by atoms with Crippen LogP contribution in [0.3, 0.4) is 0 Å². The van der Waals surface area contributed by atoms with Gasteiger partial charge in [-0.15, -0.1) is 0 Å². The van der Waals surface area contributed by atoms with Crippen LogP contribution in [0.2, 0.25) is 0 Å². The molecule has 0 bridgehead atoms. The van der Waals surface area contributed by atoms with Gasteiger partial charge in [0.2, 0.25) is 11.8 Å². The third-order valence-electron chi connectivity index (χ3n) is 5.24. The minimum absolute atomic E-state index is 0.0288. The number of rotatable bonds is 2. The molecule has 0 aromatic heterocycles. The molecule has 5 heteroatoms. The number of nitrogens with one attached hydrogen (secondary N) is 3. The summed E-state index contributed by atoms with van der Waals surface area (Å²) in [5.74, 6) is 0.00206. The van der Waals surface area contributed by atoms with E-state index in [1.54, 1.807) is 0 Å². The standard InChI is InChI=1S/C20H21N3O2/c1-13(24)22-18-9-5-3-7-15(18)20-10-11-21-19(25)12-16(20)14-6-2-4-8-17(14)23-20/h2-9,16,23H,10-12H2,1H3,(H,21,25)(H,22,24)/t16-,20-/m1/s1. The first-order valence-electron chi connectivity index (χ1n) is 8.61. The van der Waals surface area contributed by atoms with Crippen LogP contribution in [0.15, 0.2) is 48.5 Å². The molecule has 1 fully saturated rings. The average molecular weight is 335 g/mol. The number of hydrogen-bond acceptors (Lipinski definition) is 3. The first kappa shape index (κ1) is 15.7. The van der Waals surface area contributed by atoms with Gasteiger partial charge in [0.1, 0.15) is 0 Å². The summed E-state index contributed by atoms with van der Waals surface area (Å²) in [5.41, 5.74) is 3.65. The van der Waals surface area contributed by atoms with Crippen molar-refractivity contribution < 1.29 is 9.59 Å². The fourth-order valence-corrected chi connectivity index (χ4v) is 4.25. The highest BCUT2D eigenvalue weighted by Crippen LogP contribution is 2.54. The number of benzene rings is 2. The Labute approximate surface area is 146 Å². The monoisotopic (exact) mass is 335 g/mol. The molecular weight excluding hydrogens is 314 g/mol. The van der Waals surface area contributed by atoms with Gasteiger partial charge in [0.05, 0.1) is 5.54 Å². The first-order chi connectivity index (χ1) is 12.1. The molecule has 2 heterocycles. The molecule has 4 rings (SSSR count). The number of carbonyl (C=O) groups is 2. The van der Waals surface area contributed by atoms with E-state index in [9.17, 15) is 9.59 Å². The van der Waals surface area contributed by atoms with Crippen molar-refractivity contribution in [3.63, 3.8) is 0 Å². The lowest BCUT2D eigenvalue weighted by molar-refractivity contribution is -0.121. The summed E-state index contributed by atoms with van der Waals surface area (Å²) in [6.07, 6.45) is 1.19. The van der Waals surface area contributed by atoms with Crippen LogP contribution in [0.1, 0.15) is 36.8 Å². The van der Waals surface area contributed by atoms with Crippen LogP contribution in [0.5, 0.6) is 0 Å². The van der Waals surface area contributed by atoms with Crippen LogP contribution in [0, 0.1) is 0 Å². The summed E-state index contributed by atoms with van der Waals surface area (Å²) < 4.78 is 0. The van der Waals surface area contributed by atoms with Gasteiger partial charge in [-0.3, -0.25) is 9.59 Å². The van der Waals surface area contributed by atoms with E-state index in [1.165, 1.54) is 6.92 Å². The molecular formula is C20H21N3O2. The van der Waals surface area contributed by atoms with Gasteiger partial charge < -0.3 is 16.0 Å². The molecule has 2 aliphatic heterocycles. The molecule has 128 valence electrons. The van der Waals surface area contributed by atoms with Crippen LogP contribution in [0.25, 0.3) is 0 Å². The highest BCUT2D eigenvalue weighted by molar-refractivity contribution is 5.90. The molecule has 0 saturated carbocycles. The summed E-state index contributed by atoms with van der Waals surface area (Å²) in [6.45, 7) is 2.12. The Morgan fingerprint density at radius 1 is 1.16 bits per heavy atom. The molecule has 5 nitrogen and oxygen atoms in total. The number of hydrogen-bond donors (Lipinski definition) is 3. The molecule has 0 radical (unpaired) electrons. The largest absolute Gasteiger partial charge is 0.375 e. The van der Waals surface area contributed by atoms with Crippen molar-refractivity contribution in [2.45, 2.75) is 31.2 Å². The lowest BCUT2D eigenvalue weighted by Gasteiger charge is -2.36. The quantitative estimate of drug-likeness (QED) is 0.790. The third-order valence-corrected chi connectivity index (χ3v) is 5.24. The van der Waals surface area contributed by atoms with E-state index in [0.717, 1.165) is 28.9 Å². The number of carbonyl (C=O) groups excluding carboxylic acids is 2. The zero-order valence-corrected chi connectivity index (χ0v) is 14.1. The Bertz CT molecular complexity index is 848. The van der Waals surface area contributed by atoms with Gasteiger partial charge in [-0.2, -0.15) is 0 Å². The summed E-state index contributed by atoms with van der Waals surface area (Å²) in [6, 6.07) is 16.0. The molecule has 0 aliphatic carbocycles. The van der Waals surface area contributed by atoms with Gasteiger partial charge in [0.25, 0.3) is 0 Å². The zero-order valence-electron chi connectivity index (χ0n) is 14.1. The zero-order chi connectivity index (χ0) is 17.4. The molecule has 2 amide bonds. The molecule has 2 aromatic carbocycles. The van der Waals surface area contributed by atoms with E-state index in [-0.39, 0.29) is 17.7 Å². The van der Waals surface area contributed by atoms with E-state index < -0.39 is 5.54 Å². The van der Waals surface area contributed by atoms with E-state index in [1.807, 2.05) is 36.4 Å². The number of amides is 2. The Hall–Kier alpha value is -2.82. The maximum atomic E-state index is 12.3. The van der Waals surface area contributed by atoms with Gasteiger partial charge in [-0.05, 0) is 24.1 Å². The predicted octanol–water partition coefficient (Wildman–Crippen LogP) is 2.96. The van der Waals surface area contributed by atoms with Crippen molar-refractivity contribution in [1.29, 1.82) is 0 Å². The predicted molar refractivity (Wildman–Crippen MR) is 97.5 cm³/mol. The molecule has 2 atom stereocenters. The molecule has 1 saturated heterocycles. The van der Waals surface area contributed by atoms with Gasteiger partial charge >= 0.3 is 0 Å². The minimum atomic E-state index is -0.415. The Balaban J connectivity index is 1.89. The van der Waals surface area contributed by atoms with Gasteiger partial charge in [-0.1, -0.05) is 36.4 Å². The molecule has 0 unspecified atom stereocenters. The molecule has 0 spiro atoms. The number of para-hydroxylation sites is 2. The molecule has 3 N–H and O–H groups in total. The summed E-state index contributed by atoms with van der Waals surface area (Å²) in [4.78, 5) is 23.9. The van der Waals surface area contributed by atoms with Crippen LogP contribution in [-0.4, -0.2) is 18.4 Å².